The van der Waals surface area contributed by atoms with Gasteiger partial charge >= 0.3 is 5.97 Å². The lowest BCUT2D eigenvalue weighted by atomic mass is 9.93. The number of rotatable bonds is 9. The second-order valence-electron chi connectivity index (χ2n) is 9.10. The summed E-state index contributed by atoms with van der Waals surface area (Å²) >= 11 is 1.29. The predicted molar refractivity (Wildman–Crippen MR) is 134 cm³/mol. The number of esters is 1. The summed E-state index contributed by atoms with van der Waals surface area (Å²) in [5.74, 6) is -0.600. The Hall–Kier alpha value is -2.71. The summed E-state index contributed by atoms with van der Waals surface area (Å²) in [6.07, 6.45) is 8.10. The zero-order valence-electron chi connectivity index (χ0n) is 20.1. The van der Waals surface area contributed by atoms with Gasteiger partial charge in [-0.15, -0.1) is 0 Å². The highest BCUT2D eigenvalue weighted by molar-refractivity contribution is 8.14. The average Bonchev–Trinajstić information content (AvgIpc) is 3.58. The molecule has 0 spiro atoms. The van der Waals surface area contributed by atoms with Crippen LogP contribution >= 0.6 is 11.8 Å². The number of ketones is 1. The lowest BCUT2D eigenvalue weighted by Gasteiger charge is -2.38. The molecule has 35 heavy (non-hydrogen) atoms. The van der Waals surface area contributed by atoms with Gasteiger partial charge in [-0.1, -0.05) is 36.0 Å². The van der Waals surface area contributed by atoms with Gasteiger partial charge in [0.1, 0.15) is 12.4 Å². The summed E-state index contributed by atoms with van der Waals surface area (Å²) in [6.45, 7) is 4.85. The van der Waals surface area contributed by atoms with Gasteiger partial charge < -0.3 is 9.30 Å². The van der Waals surface area contributed by atoms with Crippen molar-refractivity contribution >= 4 is 34.7 Å². The van der Waals surface area contributed by atoms with Crippen LogP contribution in [0.3, 0.4) is 0 Å². The van der Waals surface area contributed by atoms with Crippen LogP contribution in [-0.2, 0) is 25.7 Å². The van der Waals surface area contributed by atoms with Crippen LogP contribution in [0, 0.1) is 11.7 Å². The van der Waals surface area contributed by atoms with E-state index >= 15 is 0 Å². The van der Waals surface area contributed by atoms with E-state index in [2.05, 4.69) is 4.90 Å². The van der Waals surface area contributed by atoms with Crippen LogP contribution in [0.4, 0.5) is 4.39 Å². The van der Waals surface area contributed by atoms with Gasteiger partial charge in [-0.05, 0) is 49.5 Å². The van der Waals surface area contributed by atoms with Gasteiger partial charge in [-0.2, -0.15) is 0 Å². The first-order valence-electron chi connectivity index (χ1n) is 12.1. The quantitative estimate of drug-likeness (QED) is 0.469. The lowest BCUT2D eigenvalue weighted by Crippen LogP contribution is -2.43. The molecule has 1 aromatic carbocycles. The molecular weight excluding hydrogens is 467 g/mol. The molecule has 2 fully saturated rings. The number of carbonyl (C=O) groups excluding carboxylic acids is 3. The fourth-order valence-corrected chi connectivity index (χ4v) is 5.53. The lowest BCUT2D eigenvalue weighted by molar-refractivity contribution is -0.143. The number of ether oxygens (including phenoxy) is 1. The van der Waals surface area contributed by atoms with Gasteiger partial charge in [0, 0.05) is 49.1 Å². The minimum absolute atomic E-state index is 0.00624. The van der Waals surface area contributed by atoms with Gasteiger partial charge in [0.2, 0.25) is 0 Å². The van der Waals surface area contributed by atoms with Gasteiger partial charge in [0.05, 0.1) is 12.6 Å². The van der Waals surface area contributed by atoms with E-state index in [0.717, 1.165) is 24.0 Å². The predicted octanol–water partition coefficient (Wildman–Crippen LogP) is 4.65. The number of hydrogen-bond donors (Lipinski definition) is 0. The van der Waals surface area contributed by atoms with Crippen molar-refractivity contribution in [3.8, 4) is 0 Å². The molecular formula is C27H31FN2O4S. The standard InChI is InChI=1S/C27H31FN2O4S/c1-3-34-25(32)17-29-12-10-19(15-29)14-21-16-30(13-11-24(21)35-18(2)31)26(27(33)20-8-9-20)22-6-4-5-7-23(22)28/h4-7,10,12,14-15,20,24,26H,3,8-9,11,13,16-17H2,1-2H3/b21-14+. The Morgan fingerprint density at radius 3 is 2.66 bits per heavy atom. The second-order valence-corrected chi connectivity index (χ2v) is 10.5. The SMILES string of the molecule is CCOC(=O)Cn1ccc(/C=C2\CN(C(C(=O)C3CC3)c3ccccc3F)CCC2SC(C)=O)c1. The maximum absolute atomic E-state index is 14.8. The van der Waals surface area contributed by atoms with Crippen molar-refractivity contribution < 1.29 is 23.5 Å². The molecule has 0 radical (unpaired) electrons. The number of Topliss-reactive ketones (excluding diaryl/α,β-unsaturated/α-hetero) is 1. The molecule has 1 saturated heterocycles. The molecule has 2 atom stereocenters. The van der Waals surface area contributed by atoms with Crippen molar-refractivity contribution in [2.75, 3.05) is 19.7 Å². The Morgan fingerprint density at radius 1 is 1.20 bits per heavy atom. The van der Waals surface area contributed by atoms with Gasteiger partial charge in [-0.25, -0.2) is 4.39 Å². The summed E-state index contributed by atoms with van der Waals surface area (Å²) in [6, 6.07) is 7.79. The highest BCUT2D eigenvalue weighted by atomic mass is 32.2. The number of nitrogens with zero attached hydrogens (tertiary/aromatic N) is 2. The number of thioether (sulfide) groups is 1. The van der Waals surface area contributed by atoms with E-state index in [1.165, 1.54) is 17.8 Å². The van der Waals surface area contributed by atoms with E-state index in [4.69, 9.17) is 4.74 Å². The van der Waals surface area contributed by atoms with Crippen molar-refractivity contribution in [1.82, 2.24) is 9.47 Å². The molecule has 1 aromatic heterocycles. The molecule has 1 aliphatic heterocycles. The number of carbonyl (C=O) groups is 3. The van der Waals surface area contributed by atoms with Crippen LogP contribution in [0.15, 0.2) is 48.3 Å². The molecule has 2 aliphatic rings. The summed E-state index contributed by atoms with van der Waals surface area (Å²) in [4.78, 5) is 39.1. The highest BCUT2D eigenvalue weighted by Gasteiger charge is 2.41. The van der Waals surface area contributed by atoms with Crippen molar-refractivity contribution in [2.24, 2.45) is 5.92 Å². The van der Waals surface area contributed by atoms with Crippen LogP contribution in [0.5, 0.6) is 0 Å². The Kier molecular flexibility index (Phi) is 8.23. The summed E-state index contributed by atoms with van der Waals surface area (Å²) in [5, 5.41) is 0.0170. The van der Waals surface area contributed by atoms with Crippen LogP contribution in [0.25, 0.3) is 6.08 Å². The number of benzene rings is 1. The first kappa shape index (κ1) is 25.4. The molecule has 0 N–H and O–H groups in total. The maximum atomic E-state index is 14.8. The van der Waals surface area contributed by atoms with Crippen molar-refractivity contribution in [2.45, 2.75) is 50.9 Å². The number of piperidine rings is 1. The Labute approximate surface area is 209 Å². The molecule has 2 unspecified atom stereocenters. The number of hydrogen-bond acceptors (Lipinski definition) is 6. The minimum Gasteiger partial charge on any atom is -0.465 e. The van der Waals surface area contributed by atoms with Crippen LogP contribution in [0.2, 0.25) is 0 Å². The van der Waals surface area contributed by atoms with Crippen LogP contribution in [-0.4, -0.2) is 51.3 Å². The van der Waals surface area contributed by atoms with E-state index < -0.39 is 6.04 Å². The molecule has 4 rings (SSSR count). The second kappa shape index (κ2) is 11.4. The maximum Gasteiger partial charge on any atom is 0.325 e. The average molecular weight is 499 g/mol. The smallest absolute Gasteiger partial charge is 0.325 e. The van der Waals surface area contributed by atoms with E-state index in [1.807, 2.05) is 24.5 Å². The van der Waals surface area contributed by atoms with Gasteiger partial charge in [0.25, 0.3) is 0 Å². The third kappa shape index (κ3) is 6.49. The molecule has 8 heteroatoms. The zero-order valence-corrected chi connectivity index (χ0v) is 20.9. The molecule has 1 saturated carbocycles. The Morgan fingerprint density at radius 2 is 1.97 bits per heavy atom. The Balaban J connectivity index is 1.61. The fourth-order valence-electron chi connectivity index (χ4n) is 4.61. The molecule has 2 aromatic rings. The number of likely N-dealkylation sites (tertiary alicyclic amines) is 1. The molecule has 1 aliphatic carbocycles. The first-order valence-corrected chi connectivity index (χ1v) is 12.9. The van der Waals surface area contributed by atoms with Gasteiger partial charge in [-0.3, -0.25) is 19.3 Å². The van der Waals surface area contributed by atoms with Crippen molar-refractivity contribution in [3.63, 3.8) is 0 Å². The normalized spacial score (nSPS) is 20.5. The number of halogens is 1. The topological polar surface area (TPSA) is 68.6 Å². The van der Waals surface area contributed by atoms with Gasteiger partial charge in [0.15, 0.2) is 10.9 Å². The fraction of sp³-hybridized carbons (Fsp3) is 0.444. The third-order valence-electron chi connectivity index (χ3n) is 6.34. The molecule has 0 bridgehead atoms. The Bertz CT molecular complexity index is 1120. The van der Waals surface area contributed by atoms with E-state index in [0.29, 0.717) is 31.7 Å². The zero-order chi connectivity index (χ0) is 24.9. The first-order chi connectivity index (χ1) is 16.9. The molecule has 186 valence electrons. The highest BCUT2D eigenvalue weighted by Crippen LogP contribution is 2.40. The summed E-state index contributed by atoms with van der Waals surface area (Å²) < 4.78 is 21.6. The molecule has 2 heterocycles. The molecule has 0 amide bonds. The van der Waals surface area contributed by atoms with E-state index in [9.17, 15) is 18.8 Å². The third-order valence-corrected chi connectivity index (χ3v) is 7.50. The van der Waals surface area contributed by atoms with Crippen LogP contribution in [0.1, 0.15) is 50.3 Å². The van der Waals surface area contributed by atoms with E-state index in [1.54, 1.807) is 36.6 Å². The van der Waals surface area contributed by atoms with Crippen LogP contribution < -0.4 is 0 Å². The summed E-state index contributed by atoms with van der Waals surface area (Å²) in [7, 11) is 0. The minimum atomic E-state index is -0.635. The van der Waals surface area contributed by atoms with Crippen molar-refractivity contribution in [1.29, 1.82) is 0 Å². The largest absolute Gasteiger partial charge is 0.465 e. The number of aromatic nitrogens is 1. The molecule has 6 nitrogen and oxygen atoms in total. The summed E-state index contributed by atoms with van der Waals surface area (Å²) in [5.41, 5.74) is 2.33. The van der Waals surface area contributed by atoms with Crippen molar-refractivity contribution in [3.05, 3.63) is 65.2 Å². The monoisotopic (exact) mass is 498 g/mol. The van der Waals surface area contributed by atoms with E-state index in [-0.39, 0.29) is 40.4 Å².